The average Bonchev–Trinajstić information content (AvgIpc) is 3.25. The minimum atomic E-state index is -4.77. The van der Waals surface area contributed by atoms with Crippen LogP contribution in [-0.4, -0.2) is 16.0 Å². The molecule has 0 saturated carbocycles. The number of para-hydroxylation sites is 2. The molecule has 0 bridgehead atoms. The van der Waals surface area contributed by atoms with Crippen LogP contribution in [0.2, 0.25) is 0 Å². The fourth-order valence-electron chi connectivity index (χ4n) is 2.97. The molecule has 1 heterocycles. The number of alkyl halides is 3. The molecular weight excluding hydrogens is 411 g/mol. The van der Waals surface area contributed by atoms with Crippen LogP contribution in [0.3, 0.4) is 0 Å². The first kappa shape index (κ1) is 20.1. The molecule has 1 aromatic heterocycles. The fourth-order valence-corrected chi connectivity index (χ4v) is 2.97. The minimum Gasteiger partial charge on any atom is -0.457 e. The lowest BCUT2D eigenvalue weighted by molar-refractivity contribution is -0.159. The molecule has 156 valence electrons. The predicted octanol–water partition coefficient (Wildman–Crippen LogP) is 5.31. The minimum absolute atomic E-state index is 0.160. The van der Waals surface area contributed by atoms with Gasteiger partial charge in [0, 0.05) is 16.7 Å². The van der Waals surface area contributed by atoms with Crippen LogP contribution in [0.1, 0.15) is 16.2 Å². The maximum atomic E-state index is 12.8. The summed E-state index contributed by atoms with van der Waals surface area (Å²) in [6, 6.07) is 20.2. The van der Waals surface area contributed by atoms with E-state index in [0.717, 1.165) is 0 Å². The molecular formula is C22H14F3N3O3. The van der Waals surface area contributed by atoms with Crippen molar-refractivity contribution in [3.05, 3.63) is 84.3 Å². The quantitative estimate of drug-likeness (QED) is 0.468. The van der Waals surface area contributed by atoms with Crippen LogP contribution in [0.4, 0.5) is 13.2 Å². The summed E-state index contributed by atoms with van der Waals surface area (Å²) in [7, 11) is 0. The number of aromatic nitrogens is 2. The maximum absolute atomic E-state index is 12.8. The molecule has 0 fully saturated rings. The lowest BCUT2D eigenvalue weighted by Crippen LogP contribution is -2.12. The van der Waals surface area contributed by atoms with E-state index in [1.807, 2.05) is 18.2 Å². The van der Waals surface area contributed by atoms with Crippen molar-refractivity contribution >= 4 is 5.91 Å². The van der Waals surface area contributed by atoms with Crippen LogP contribution in [0.15, 0.2) is 77.3 Å². The molecule has 6 nitrogen and oxygen atoms in total. The topological polar surface area (TPSA) is 91.2 Å². The van der Waals surface area contributed by atoms with Gasteiger partial charge in [-0.1, -0.05) is 47.6 Å². The van der Waals surface area contributed by atoms with E-state index in [1.54, 1.807) is 36.4 Å². The highest BCUT2D eigenvalue weighted by atomic mass is 19.4. The maximum Gasteiger partial charge on any atom is 0.471 e. The van der Waals surface area contributed by atoms with Gasteiger partial charge < -0.3 is 15.0 Å². The van der Waals surface area contributed by atoms with Crippen molar-refractivity contribution < 1.29 is 27.2 Å². The molecule has 0 aliphatic rings. The predicted molar refractivity (Wildman–Crippen MR) is 105 cm³/mol. The summed E-state index contributed by atoms with van der Waals surface area (Å²) in [5.41, 5.74) is 6.77. The molecule has 31 heavy (non-hydrogen) atoms. The Labute approximate surface area is 174 Å². The standard InChI is InChI=1S/C22H14F3N3O3/c23-22(24,25)21-27-20(28-31-21)13-10-11-16(19(26)29)17(12-13)15-8-4-5-9-18(15)30-14-6-2-1-3-7-14/h1-12H,(H2,26,29). The second-order valence-electron chi connectivity index (χ2n) is 6.46. The van der Waals surface area contributed by atoms with Gasteiger partial charge in [0.15, 0.2) is 0 Å². The number of carbonyl (C=O) groups excluding carboxylic acids is 1. The molecule has 0 aliphatic carbocycles. The number of nitrogens with zero attached hydrogens (tertiary/aromatic N) is 2. The van der Waals surface area contributed by atoms with Gasteiger partial charge in [-0.25, -0.2) is 0 Å². The zero-order valence-electron chi connectivity index (χ0n) is 15.8. The first-order chi connectivity index (χ1) is 14.8. The van der Waals surface area contributed by atoms with Gasteiger partial charge in [0.2, 0.25) is 11.7 Å². The van der Waals surface area contributed by atoms with Gasteiger partial charge in [0.1, 0.15) is 11.5 Å². The largest absolute Gasteiger partial charge is 0.471 e. The molecule has 0 saturated heterocycles. The van der Waals surface area contributed by atoms with Crippen LogP contribution in [0, 0.1) is 0 Å². The Kier molecular flexibility index (Phi) is 5.16. The molecule has 0 unspecified atom stereocenters. The monoisotopic (exact) mass is 425 g/mol. The molecule has 1 amide bonds. The number of primary amides is 1. The third kappa shape index (κ3) is 4.25. The second-order valence-corrected chi connectivity index (χ2v) is 6.46. The Morgan fingerprint density at radius 3 is 2.32 bits per heavy atom. The summed E-state index contributed by atoms with van der Waals surface area (Å²) < 4.78 is 48.7. The zero-order chi connectivity index (χ0) is 22.0. The van der Waals surface area contributed by atoms with E-state index in [0.29, 0.717) is 22.6 Å². The van der Waals surface area contributed by atoms with E-state index >= 15 is 0 Å². The Balaban J connectivity index is 1.82. The molecule has 4 rings (SSSR count). The van der Waals surface area contributed by atoms with Crippen LogP contribution >= 0.6 is 0 Å². The molecule has 3 aromatic carbocycles. The van der Waals surface area contributed by atoms with Crippen molar-refractivity contribution in [3.8, 4) is 34.0 Å². The highest BCUT2D eigenvalue weighted by Gasteiger charge is 2.38. The van der Waals surface area contributed by atoms with Crippen LogP contribution in [0.5, 0.6) is 11.5 Å². The number of benzene rings is 3. The summed E-state index contributed by atoms with van der Waals surface area (Å²) in [5, 5.41) is 3.40. The number of ether oxygens (including phenoxy) is 1. The van der Waals surface area contributed by atoms with E-state index in [-0.39, 0.29) is 17.0 Å². The Bertz CT molecular complexity index is 1240. The molecule has 0 spiro atoms. The Morgan fingerprint density at radius 2 is 1.65 bits per heavy atom. The number of hydrogen-bond donors (Lipinski definition) is 1. The van der Waals surface area contributed by atoms with E-state index in [9.17, 15) is 18.0 Å². The van der Waals surface area contributed by atoms with Crippen molar-refractivity contribution in [2.75, 3.05) is 0 Å². The lowest BCUT2D eigenvalue weighted by atomic mass is 9.96. The Hall–Kier alpha value is -4.14. The average molecular weight is 425 g/mol. The van der Waals surface area contributed by atoms with Gasteiger partial charge in [-0.05, 0) is 35.9 Å². The van der Waals surface area contributed by atoms with Gasteiger partial charge >= 0.3 is 12.1 Å². The van der Waals surface area contributed by atoms with Crippen molar-refractivity contribution in [2.45, 2.75) is 6.18 Å². The molecule has 2 N–H and O–H groups in total. The first-order valence-corrected chi connectivity index (χ1v) is 9.00. The highest BCUT2D eigenvalue weighted by Crippen LogP contribution is 2.37. The molecule has 4 aromatic rings. The normalized spacial score (nSPS) is 11.3. The summed E-state index contributed by atoms with van der Waals surface area (Å²) in [6.45, 7) is 0. The van der Waals surface area contributed by atoms with Crippen LogP contribution in [-0.2, 0) is 6.18 Å². The number of carbonyl (C=O) groups is 1. The number of amides is 1. The lowest BCUT2D eigenvalue weighted by Gasteiger charge is -2.14. The van der Waals surface area contributed by atoms with E-state index in [4.69, 9.17) is 10.5 Å². The number of halogens is 3. The summed E-state index contributed by atoms with van der Waals surface area (Å²) in [5.74, 6) is -1.45. The molecule has 9 heteroatoms. The molecule has 0 atom stereocenters. The van der Waals surface area contributed by atoms with Crippen molar-refractivity contribution in [3.63, 3.8) is 0 Å². The van der Waals surface area contributed by atoms with Gasteiger partial charge in [0.05, 0.1) is 0 Å². The molecule has 0 aliphatic heterocycles. The van der Waals surface area contributed by atoms with Crippen molar-refractivity contribution in [2.24, 2.45) is 5.73 Å². The summed E-state index contributed by atoms with van der Waals surface area (Å²) >= 11 is 0. The second kappa shape index (κ2) is 7.94. The van der Waals surface area contributed by atoms with E-state index < -0.39 is 18.0 Å². The summed E-state index contributed by atoms with van der Waals surface area (Å²) in [6.07, 6.45) is -4.77. The van der Waals surface area contributed by atoms with Crippen molar-refractivity contribution in [1.29, 1.82) is 0 Å². The number of nitrogens with two attached hydrogens (primary N) is 1. The number of rotatable bonds is 5. The van der Waals surface area contributed by atoms with Gasteiger partial charge in [-0.15, -0.1) is 0 Å². The SMILES string of the molecule is NC(=O)c1ccc(-c2noc(C(F)(F)F)n2)cc1-c1ccccc1Oc1ccccc1. The first-order valence-electron chi connectivity index (χ1n) is 9.00. The van der Waals surface area contributed by atoms with E-state index in [2.05, 4.69) is 14.7 Å². The third-order valence-electron chi connectivity index (χ3n) is 4.36. The van der Waals surface area contributed by atoms with Crippen molar-refractivity contribution in [1.82, 2.24) is 10.1 Å². The van der Waals surface area contributed by atoms with Gasteiger partial charge in [-0.2, -0.15) is 18.2 Å². The third-order valence-corrected chi connectivity index (χ3v) is 4.36. The molecule has 0 radical (unpaired) electrons. The Morgan fingerprint density at radius 1 is 0.935 bits per heavy atom. The number of hydrogen-bond acceptors (Lipinski definition) is 5. The summed E-state index contributed by atoms with van der Waals surface area (Å²) in [4.78, 5) is 15.4. The fraction of sp³-hybridized carbons (Fsp3) is 0.0455. The van der Waals surface area contributed by atoms with Gasteiger partial charge in [-0.3, -0.25) is 4.79 Å². The zero-order valence-corrected chi connectivity index (χ0v) is 15.8. The van der Waals surface area contributed by atoms with Crippen LogP contribution < -0.4 is 10.5 Å². The van der Waals surface area contributed by atoms with Gasteiger partial charge in [0.25, 0.3) is 0 Å². The smallest absolute Gasteiger partial charge is 0.457 e. The van der Waals surface area contributed by atoms with Crippen LogP contribution in [0.25, 0.3) is 22.5 Å². The highest BCUT2D eigenvalue weighted by molar-refractivity contribution is 6.01. The van der Waals surface area contributed by atoms with E-state index in [1.165, 1.54) is 18.2 Å².